The van der Waals surface area contributed by atoms with Crippen LogP contribution in [0, 0.1) is 0 Å². The summed E-state index contributed by atoms with van der Waals surface area (Å²) in [5.74, 6) is -0.366. The van der Waals surface area contributed by atoms with Crippen molar-refractivity contribution in [2.24, 2.45) is 0 Å². The molecule has 7 heteroatoms. The Kier molecular flexibility index (Phi) is 5.48. The van der Waals surface area contributed by atoms with Crippen molar-refractivity contribution in [3.8, 4) is 0 Å². The molecule has 1 fully saturated rings. The van der Waals surface area contributed by atoms with Crippen molar-refractivity contribution in [2.75, 3.05) is 6.61 Å². The Hall–Kier alpha value is -0.730. The third kappa shape index (κ3) is 3.63. The Labute approximate surface area is 106 Å². The van der Waals surface area contributed by atoms with Crippen LogP contribution in [0.1, 0.15) is 20.8 Å². The van der Waals surface area contributed by atoms with Crippen molar-refractivity contribution in [3.63, 3.8) is 0 Å². The van der Waals surface area contributed by atoms with Crippen molar-refractivity contribution >= 4 is 5.91 Å². The Morgan fingerprint density at radius 1 is 1.39 bits per heavy atom. The van der Waals surface area contributed by atoms with Gasteiger partial charge < -0.3 is 30.1 Å². The lowest BCUT2D eigenvalue weighted by molar-refractivity contribution is -0.278. The number of rotatable bonds is 4. The van der Waals surface area contributed by atoms with Gasteiger partial charge in [-0.2, -0.15) is 0 Å². The molecule has 1 rings (SSSR count). The molecular formula is C11H21NO6. The Bertz CT molecular complexity index is 285. The number of hydrogen-bond donors (Lipinski definition) is 4. The molecule has 1 saturated heterocycles. The van der Waals surface area contributed by atoms with Gasteiger partial charge in [-0.3, -0.25) is 4.79 Å². The van der Waals surface area contributed by atoms with Crippen molar-refractivity contribution in [2.45, 2.75) is 57.5 Å². The minimum atomic E-state index is -1.28. The molecule has 106 valence electrons. The standard InChI is InChI=1S/C11H21NO6/c1-5(2)17-11-8(12-6(3)14)10(16)9(15)7(4-13)18-11/h5,7-11,13,15-16H,4H2,1-3H3,(H,12,14)/t7?,8-,9+,10-,11?/m1/s1. The topological polar surface area (TPSA) is 108 Å². The average molecular weight is 263 g/mol. The predicted molar refractivity (Wildman–Crippen MR) is 61.6 cm³/mol. The summed E-state index contributed by atoms with van der Waals surface area (Å²) < 4.78 is 10.8. The van der Waals surface area contributed by atoms with Gasteiger partial charge in [0.05, 0.1) is 12.7 Å². The van der Waals surface area contributed by atoms with Crippen molar-refractivity contribution < 1.29 is 29.6 Å². The third-order valence-electron chi connectivity index (χ3n) is 2.66. The number of hydrogen-bond acceptors (Lipinski definition) is 6. The fourth-order valence-corrected chi connectivity index (χ4v) is 1.85. The van der Waals surface area contributed by atoms with E-state index in [2.05, 4.69) is 5.32 Å². The molecule has 1 amide bonds. The zero-order chi connectivity index (χ0) is 13.9. The van der Waals surface area contributed by atoms with Crippen LogP contribution in [-0.4, -0.2) is 64.6 Å². The lowest BCUT2D eigenvalue weighted by Gasteiger charge is -2.42. The highest BCUT2D eigenvalue weighted by Gasteiger charge is 2.45. The summed E-state index contributed by atoms with van der Waals surface area (Å²) in [6.07, 6.45) is -4.58. The molecule has 1 heterocycles. The first-order valence-electron chi connectivity index (χ1n) is 5.91. The SMILES string of the molecule is CC(=O)N[C@H]1C(OC(C)C)OC(CO)[C@H](O)[C@@H]1O. The third-order valence-corrected chi connectivity index (χ3v) is 2.66. The van der Waals surface area contributed by atoms with E-state index in [0.29, 0.717) is 0 Å². The molecule has 7 nitrogen and oxygen atoms in total. The van der Waals surface area contributed by atoms with Crippen LogP contribution >= 0.6 is 0 Å². The fraction of sp³-hybridized carbons (Fsp3) is 0.909. The smallest absolute Gasteiger partial charge is 0.217 e. The maximum Gasteiger partial charge on any atom is 0.217 e. The van der Waals surface area contributed by atoms with E-state index in [1.165, 1.54) is 6.92 Å². The highest BCUT2D eigenvalue weighted by atomic mass is 16.7. The Morgan fingerprint density at radius 3 is 2.44 bits per heavy atom. The molecule has 0 aromatic heterocycles. The lowest BCUT2D eigenvalue weighted by atomic mass is 9.97. The molecule has 0 bridgehead atoms. The van der Waals surface area contributed by atoms with Crippen molar-refractivity contribution in [3.05, 3.63) is 0 Å². The number of nitrogens with one attached hydrogen (secondary N) is 1. The number of carbonyl (C=O) groups is 1. The molecule has 4 N–H and O–H groups in total. The molecule has 0 radical (unpaired) electrons. The zero-order valence-electron chi connectivity index (χ0n) is 10.7. The molecule has 1 aliphatic heterocycles. The first-order chi connectivity index (χ1) is 8.36. The Morgan fingerprint density at radius 2 is 2.00 bits per heavy atom. The van der Waals surface area contributed by atoms with Gasteiger partial charge in [0.25, 0.3) is 0 Å². The van der Waals surface area contributed by atoms with E-state index >= 15 is 0 Å². The first-order valence-corrected chi connectivity index (χ1v) is 5.91. The normalized spacial score (nSPS) is 36.7. The summed E-state index contributed by atoms with van der Waals surface area (Å²) in [7, 11) is 0. The highest BCUT2D eigenvalue weighted by molar-refractivity contribution is 5.73. The number of aliphatic hydroxyl groups excluding tert-OH is 3. The van der Waals surface area contributed by atoms with E-state index in [9.17, 15) is 15.0 Å². The molecule has 0 spiro atoms. The minimum Gasteiger partial charge on any atom is -0.394 e. The van der Waals surface area contributed by atoms with Crippen LogP contribution in [0.5, 0.6) is 0 Å². The van der Waals surface area contributed by atoms with Crippen LogP contribution < -0.4 is 5.32 Å². The molecule has 0 aromatic rings. The zero-order valence-corrected chi connectivity index (χ0v) is 10.7. The molecule has 0 aliphatic carbocycles. The average Bonchev–Trinajstić information content (AvgIpc) is 2.27. The molecule has 18 heavy (non-hydrogen) atoms. The predicted octanol–water partition coefficient (Wildman–Crippen LogP) is -1.64. The minimum absolute atomic E-state index is 0.187. The summed E-state index contributed by atoms with van der Waals surface area (Å²) in [6, 6.07) is -0.873. The molecule has 0 aromatic carbocycles. The van der Waals surface area contributed by atoms with Gasteiger partial charge in [-0.15, -0.1) is 0 Å². The number of amides is 1. The van der Waals surface area contributed by atoms with Gasteiger partial charge in [0.15, 0.2) is 6.29 Å². The highest BCUT2D eigenvalue weighted by Crippen LogP contribution is 2.22. The molecule has 1 aliphatic rings. The largest absolute Gasteiger partial charge is 0.394 e. The number of carbonyl (C=O) groups excluding carboxylic acids is 1. The molecular weight excluding hydrogens is 242 g/mol. The maximum absolute atomic E-state index is 11.1. The lowest BCUT2D eigenvalue weighted by Crippen LogP contribution is -2.64. The van der Waals surface area contributed by atoms with Gasteiger partial charge >= 0.3 is 0 Å². The van der Waals surface area contributed by atoms with Crippen LogP contribution in [0.15, 0.2) is 0 Å². The number of ether oxygens (including phenoxy) is 2. The summed E-state index contributed by atoms with van der Waals surface area (Å²) in [4.78, 5) is 11.1. The summed E-state index contributed by atoms with van der Waals surface area (Å²) >= 11 is 0. The van der Waals surface area contributed by atoms with Crippen LogP contribution in [0.2, 0.25) is 0 Å². The van der Waals surface area contributed by atoms with Gasteiger partial charge in [0, 0.05) is 6.92 Å². The molecule has 0 saturated carbocycles. The van der Waals surface area contributed by atoms with E-state index < -0.39 is 37.3 Å². The van der Waals surface area contributed by atoms with E-state index in [-0.39, 0.29) is 12.0 Å². The van der Waals surface area contributed by atoms with Crippen LogP contribution in [0.25, 0.3) is 0 Å². The van der Waals surface area contributed by atoms with E-state index in [0.717, 1.165) is 0 Å². The van der Waals surface area contributed by atoms with Gasteiger partial charge in [0.2, 0.25) is 5.91 Å². The molecule has 5 atom stereocenters. The van der Waals surface area contributed by atoms with Gasteiger partial charge in [-0.1, -0.05) is 0 Å². The summed E-state index contributed by atoms with van der Waals surface area (Å²) in [6.45, 7) is 4.41. The van der Waals surface area contributed by atoms with E-state index in [1.54, 1.807) is 13.8 Å². The second-order valence-corrected chi connectivity index (χ2v) is 4.62. The van der Waals surface area contributed by atoms with E-state index in [4.69, 9.17) is 14.6 Å². The monoisotopic (exact) mass is 263 g/mol. The molecule has 2 unspecified atom stereocenters. The van der Waals surface area contributed by atoms with Crippen LogP contribution in [0.3, 0.4) is 0 Å². The van der Waals surface area contributed by atoms with Gasteiger partial charge in [0.1, 0.15) is 24.4 Å². The van der Waals surface area contributed by atoms with Crippen molar-refractivity contribution in [1.82, 2.24) is 5.32 Å². The Balaban J connectivity index is 2.83. The summed E-state index contributed by atoms with van der Waals surface area (Å²) in [5, 5.41) is 31.2. The van der Waals surface area contributed by atoms with Gasteiger partial charge in [-0.05, 0) is 13.8 Å². The fourth-order valence-electron chi connectivity index (χ4n) is 1.85. The summed E-state index contributed by atoms with van der Waals surface area (Å²) in [5.41, 5.74) is 0. The van der Waals surface area contributed by atoms with Crippen molar-refractivity contribution in [1.29, 1.82) is 0 Å². The quantitative estimate of drug-likeness (QED) is 0.484. The number of aliphatic hydroxyl groups is 3. The van der Waals surface area contributed by atoms with E-state index in [1.807, 2.05) is 0 Å². The van der Waals surface area contributed by atoms with Crippen LogP contribution in [-0.2, 0) is 14.3 Å². The second-order valence-electron chi connectivity index (χ2n) is 4.62. The van der Waals surface area contributed by atoms with Crippen LogP contribution in [0.4, 0.5) is 0 Å². The first kappa shape index (κ1) is 15.3. The second kappa shape index (κ2) is 6.44. The van der Waals surface area contributed by atoms with Gasteiger partial charge in [-0.25, -0.2) is 0 Å². The maximum atomic E-state index is 11.1.